The lowest BCUT2D eigenvalue weighted by Gasteiger charge is -2.10. The Morgan fingerprint density at radius 2 is 2.11 bits per heavy atom. The fourth-order valence-corrected chi connectivity index (χ4v) is 2.34. The van der Waals surface area contributed by atoms with Gasteiger partial charge in [-0.25, -0.2) is 9.97 Å². The van der Waals surface area contributed by atoms with Crippen molar-refractivity contribution in [2.45, 2.75) is 6.42 Å². The smallest absolute Gasteiger partial charge is 0.308 e. The first-order chi connectivity index (χ1) is 8.56. The Bertz CT molecular complexity index is 549. The van der Waals surface area contributed by atoms with Crippen LogP contribution in [-0.2, 0) is 11.2 Å². The summed E-state index contributed by atoms with van der Waals surface area (Å²) in [6.07, 6.45) is 3.37. The molecule has 0 aliphatic rings. The predicted molar refractivity (Wildman–Crippen MR) is 71.0 cm³/mol. The van der Waals surface area contributed by atoms with Crippen LogP contribution in [0.5, 0.6) is 0 Å². The van der Waals surface area contributed by atoms with Gasteiger partial charge in [-0.1, -0.05) is 0 Å². The minimum absolute atomic E-state index is 0.0148. The number of anilines is 1. The van der Waals surface area contributed by atoms with Gasteiger partial charge in [-0.2, -0.15) is 0 Å². The average Bonchev–Trinajstić information content (AvgIpc) is 2.76. The number of nitrogens with zero attached hydrogens (tertiary/aromatic N) is 3. The molecule has 0 amide bonds. The second kappa shape index (κ2) is 5.14. The van der Waals surface area contributed by atoms with Crippen LogP contribution in [0.15, 0.2) is 24.5 Å². The molecule has 0 aliphatic heterocycles. The molecule has 0 spiro atoms. The lowest BCUT2D eigenvalue weighted by molar-refractivity contribution is -0.136. The number of hydrogen-bond donors (Lipinski definition) is 1. The predicted octanol–water partition coefficient (Wildman–Crippen LogP) is 1.90. The first-order valence-corrected chi connectivity index (χ1v) is 6.18. The van der Waals surface area contributed by atoms with Crippen LogP contribution in [-0.4, -0.2) is 35.1 Å². The van der Waals surface area contributed by atoms with E-state index in [1.165, 1.54) is 11.3 Å². The van der Waals surface area contributed by atoms with Crippen molar-refractivity contribution >= 4 is 23.1 Å². The van der Waals surface area contributed by atoms with Crippen molar-refractivity contribution in [2.75, 3.05) is 19.0 Å². The summed E-state index contributed by atoms with van der Waals surface area (Å²) >= 11 is 1.38. The third-order valence-electron chi connectivity index (χ3n) is 2.33. The van der Waals surface area contributed by atoms with Gasteiger partial charge in [-0.05, 0) is 12.1 Å². The van der Waals surface area contributed by atoms with Gasteiger partial charge in [-0.3, -0.25) is 4.79 Å². The van der Waals surface area contributed by atoms with Crippen LogP contribution in [0.3, 0.4) is 0 Å². The molecule has 5 nitrogen and oxygen atoms in total. The van der Waals surface area contributed by atoms with Crippen LogP contribution in [0.2, 0.25) is 0 Å². The lowest BCUT2D eigenvalue weighted by Crippen LogP contribution is -2.09. The van der Waals surface area contributed by atoms with Gasteiger partial charge in [0.15, 0.2) is 0 Å². The molecule has 0 aliphatic carbocycles. The number of aromatic nitrogens is 2. The first-order valence-electron chi connectivity index (χ1n) is 5.36. The summed E-state index contributed by atoms with van der Waals surface area (Å²) < 4.78 is 0. The molecule has 6 heteroatoms. The number of carboxylic acid groups (broad SMARTS) is 1. The zero-order chi connectivity index (χ0) is 13.1. The van der Waals surface area contributed by atoms with Gasteiger partial charge in [-0.15, -0.1) is 11.3 Å². The van der Waals surface area contributed by atoms with Crippen LogP contribution < -0.4 is 4.90 Å². The van der Waals surface area contributed by atoms with Gasteiger partial charge < -0.3 is 10.0 Å². The fraction of sp³-hybridized carbons (Fsp3) is 0.250. The van der Waals surface area contributed by atoms with Gasteiger partial charge in [0.25, 0.3) is 0 Å². The van der Waals surface area contributed by atoms with Gasteiger partial charge in [0, 0.05) is 36.9 Å². The summed E-state index contributed by atoms with van der Waals surface area (Å²) in [5.74, 6) is 0.0346. The van der Waals surface area contributed by atoms with Crippen molar-refractivity contribution in [2.24, 2.45) is 0 Å². The Hall–Kier alpha value is -1.95. The SMILES string of the molecule is CN(C)c1ccc(-c2ncc(CC(=O)O)s2)cn1. The Labute approximate surface area is 109 Å². The molecule has 1 N–H and O–H groups in total. The molecule has 2 heterocycles. The summed E-state index contributed by atoms with van der Waals surface area (Å²) in [5, 5.41) is 9.50. The van der Waals surface area contributed by atoms with Crippen LogP contribution >= 0.6 is 11.3 Å². The Morgan fingerprint density at radius 3 is 2.67 bits per heavy atom. The Balaban J connectivity index is 2.20. The van der Waals surface area contributed by atoms with Gasteiger partial charge in [0.05, 0.1) is 6.42 Å². The first kappa shape index (κ1) is 12.5. The third kappa shape index (κ3) is 2.84. The van der Waals surface area contributed by atoms with E-state index in [-0.39, 0.29) is 6.42 Å². The highest BCUT2D eigenvalue weighted by molar-refractivity contribution is 7.15. The monoisotopic (exact) mass is 263 g/mol. The molecule has 2 aromatic rings. The molecule has 2 aromatic heterocycles. The topological polar surface area (TPSA) is 66.3 Å². The van der Waals surface area contributed by atoms with Crippen LogP contribution in [0.4, 0.5) is 5.82 Å². The molecule has 18 heavy (non-hydrogen) atoms. The quantitative estimate of drug-likeness (QED) is 0.912. The molecule has 0 fully saturated rings. The minimum Gasteiger partial charge on any atom is -0.481 e. The fourth-order valence-electron chi connectivity index (χ4n) is 1.45. The molecule has 0 unspecified atom stereocenters. The van der Waals surface area contributed by atoms with E-state index in [9.17, 15) is 4.79 Å². The van der Waals surface area contributed by atoms with E-state index in [0.29, 0.717) is 0 Å². The second-order valence-corrected chi connectivity index (χ2v) is 5.12. The highest BCUT2D eigenvalue weighted by Gasteiger charge is 2.08. The summed E-state index contributed by atoms with van der Waals surface area (Å²) in [4.78, 5) is 21.8. The van der Waals surface area contributed by atoms with Gasteiger partial charge >= 0.3 is 5.97 Å². The maximum Gasteiger partial charge on any atom is 0.308 e. The van der Waals surface area contributed by atoms with Crippen LogP contribution in [0.25, 0.3) is 10.6 Å². The number of carbonyl (C=O) groups is 1. The van der Waals surface area contributed by atoms with E-state index in [4.69, 9.17) is 5.11 Å². The van der Waals surface area contributed by atoms with Crippen LogP contribution in [0, 0.1) is 0 Å². The molecule has 0 saturated carbocycles. The number of thiazole rings is 1. The van der Waals surface area contributed by atoms with E-state index < -0.39 is 5.97 Å². The van der Waals surface area contributed by atoms with E-state index in [1.54, 1.807) is 12.4 Å². The van der Waals surface area contributed by atoms with Gasteiger partial charge in [0.2, 0.25) is 0 Å². The van der Waals surface area contributed by atoms with E-state index in [0.717, 1.165) is 21.3 Å². The standard InChI is InChI=1S/C12H13N3O2S/c1-15(2)10-4-3-8(6-13-10)12-14-7-9(18-12)5-11(16)17/h3-4,6-7H,5H2,1-2H3,(H,16,17). The molecule has 2 rings (SSSR count). The highest BCUT2D eigenvalue weighted by Crippen LogP contribution is 2.25. The van der Waals surface area contributed by atoms with Crippen molar-refractivity contribution < 1.29 is 9.90 Å². The van der Waals surface area contributed by atoms with Crippen molar-refractivity contribution in [1.82, 2.24) is 9.97 Å². The van der Waals surface area contributed by atoms with E-state index in [2.05, 4.69) is 9.97 Å². The van der Waals surface area contributed by atoms with Crippen molar-refractivity contribution in [3.8, 4) is 10.6 Å². The largest absolute Gasteiger partial charge is 0.481 e. The molecular formula is C12H13N3O2S. The summed E-state index contributed by atoms with van der Waals surface area (Å²) in [7, 11) is 3.85. The number of pyridine rings is 1. The Morgan fingerprint density at radius 1 is 1.33 bits per heavy atom. The third-order valence-corrected chi connectivity index (χ3v) is 3.38. The second-order valence-electron chi connectivity index (χ2n) is 4.00. The molecule has 0 radical (unpaired) electrons. The van der Waals surface area contributed by atoms with E-state index in [1.807, 2.05) is 31.1 Å². The molecule has 0 saturated heterocycles. The molecule has 0 atom stereocenters. The lowest BCUT2D eigenvalue weighted by atomic mass is 10.3. The summed E-state index contributed by atoms with van der Waals surface area (Å²) in [6.45, 7) is 0. The number of carboxylic acids is 1. The van der Waals surface area contributed by atoms with Crippen molar-refractivity contribution in [3.63, 3.8) is 0 Å². The maximum atomic E-state index is 10.6. The van der Waals surface area contributed by atoms with Crippen molar-refractivity contribution in [3.05, 3.63) is 29.4 Å². The number of rotatable bonds is 4. The zero-order valence-electron chi connectivity index (χ0n) is 10.1. The number of aliphatic carboxylic acids is 1. The highest BCUT2D eigenvalue weighted by atomic mass is 32.1. The Kier molecular flexibility index (Phi) is 3.57. The van der Waals surface area contributed by atoms with Crippen LogP contribution in [0.1, 0.15) is 4.88 Å². The molecular weight excluding hydrogens is 250 g/mol. The van der Waals surface area contributed by atoms with E-state index >= 15 is 0 Å². The normalized spacial score (nSPS) is 10.3. The van der Waals surface area contributed by atoms with Crippen molar-refractivity contribution in [1.29, 1.82) is 0 Å². The number of hydrogen-bond acceptors (Lipinski definition) is 5. The summed E-state index contributed by atoms with van der Waals surface area (Å²) in [5.41, 5.74) is 0.905. The molecule has 94 valence electrons. The maximum absolute atomic E-state index is 10.6. The van der Waals surface area contributed by atoms with Gasteiger partial charge in [0.1, 0.15) is 10.8 Å². The summed E-state index contributed by atoms with van der Waals surface area (Å²) in [6, 6.07) is 3.85. The zero-order valence-corrected chi connectivity index (χ0v) is 10.9. The molecule has 0 bridgehead atoms. The minimum atomic E-state index is -0.841. The molecule has 0 aromatic carbocycles. The average molecular weight is 263 g/mol.